The van der Waals surface area contributed by atoms with Crippen molar-refractivity contribution < 1.29 is 9.90 Å². The van der Waals surface area contributed by atoms with Crippen molar-refractivity contribution in [3.05, 3.63) is 23.0 Å². The average molecular weight is 253 g/mol. The molecular weight excluding hydrogens is 238 g/mol. The molecule has 0 radical (unpaired) electrons. The van der Waals surface area contributed by atoms with Gasteiger partial charge in [0, 0.05) is 30.9 Å². The molecule has 92 valence electrons. The number of nitrogens with zero attached hydrogens (tertiary/aromatic N) is 3. The van der Waals surface area contributed by atoms with Gasteiger partial charge in [0.05, 0.1) is 18.7 Å². The number of fused-ring (bicyclic) bond motifs is 1. The summed E-state index contributed by atoms with van der Waals surface area (Å²) in [4.78, 5) is 18.6. The van der Waals surface area contributed by atoms with Gasteiger partial charge in [-0.2, -0.15) is 0 Å². The number of aromatic nitrogens is 2. The van der Waals surface area contributed by atoms with Gasteiger partial charge in [-0.3, -0.25) is 9.20 Å². The normalized spacial score (nSPS) is 11.0. The van der Waals surface area contributed by atoms with Crippen LogP contribution in [0.1, 0.15) is 11.4 Å². The first kappa shape index (κ1) is 12.1. The van der Waals surface area contributed by atoms with E-state index in [1.807, 2.05) is 22.9 Å². The molecule has 2 aromatic heterocycles. The average Bonchev–Trinajstić information content (AvgIpc) is 2.79. The molecule has 2 rings (SSSR count). The Bertz CT molecular complexity index is 532. The number of hydrogen-bond acceptors (Lipinski definition) is 4. The summed E-state index contributed by atoms with van der Waals surface area (Å²) in [5.41, 5.74) is 1.90. The van der Waals surface area contributed by atoms with Gasteiger partial charge in [0.15, 0.2) is 4.96 Å². The number of aliphatic hydroxyl groups excluding tert-OH is 1. The van der Waals surface area contributed by atoms with E-state index in [1.54, 1.807) is 7.05 Å². The van der Waals surface area contributed by atoms with Crippen molar-refractivity contribution in [1.29, 1.82) is 0 Å². The number of aryl methyl sites for hydroxylation is 1. The molecule has 5 nitrogen and oxygen atoms in total. The van der Waals surface area contributed by atoms with E-state index >= 15 is 0 Å². The van der Waals surface area contributed by atoms with Gasteiger partial charge in [0.25, 0.3) is 0 Å². The summed E-state index contributed by atoms with van der Waals surface area (Å²) < 4.78 is 1.95. The highest BCUT2D eigenvalue weighted by atomic mass is 32.1. The van der Waals surface area contributed by atoms with E-state index in [0.717, 1.165) is 16.3 Å². The van der Waals surface area contributed by atoms with E-state index in [9.17, 15) is 4.79 Å². The third-order valence-electron chi connectivity index (χ3n) is 2.60. The summed E-state index contributed by atoms with van der Waals surface area (Å²) >= 11 is 1.53. The zero-order chi connectivity index (χ0) is 12.4. The maximum atomic E-state index is 11.8. The smallest absolute Gasteiger partial charge is 0.228 e. The van der Waals surface area contributed by atoms with E-state index in [4.69, 9.17) is 5.11 Å². The Kier molecular flexibility index (Phi) is 3.44. The number of hydrogen-bond donors (Lipinski definition) is 1. The molecule has 1 amide bonds. The van der Waals surface area contributed by atoms with Crippen LogP contribution in [-0.2, 0) is 11.2 Å². The van der Waals surface area contributed by atoms with Gasteiger partial charge in [0.1, 0.15) is 0 Å². The third kappa shape index (κ3) is 2.48. The Hall–Kier alpha value is -1.40. The lowest BCUT2D eigenvalue weighted by atomic mass is 10.3. The predicted octanol–water partition coefficient (Wildman–Crippen LogP) is 0.697. The summed E-state index contributed by atoms with van der Waals surface area (Å²) in [5, 5.41) is 10.7. The maximum Gasteiger partial charge on any atom is 0.228 e. The first-order chi connectivity index (χ1) is 8.11. The molecule has 0 unspecified atom stereocenters. The second-order valence-corrected chi connectivity index (χ2v) is 4.81. The van der Waals surface area contributed by atoms with Crippen LogP contribution in [0.15, 0.2) is 11.6 Å². The Morgan fingerprint density at radius 3 is 3.12 bits per heavy atom. The fraction of sp³-hybridized carbons (Fsp3) is 0.455. The van der Waals surface area contributed by atoms with Crippen molar-refractivity contribution in [3.63, 3.8) is 0 Å². The zero-order valence-corrected chi connectivity index (χ0v) is 10.7. The number of carbonyl (C=O) groups is 1. The molecule has 0 saturated heterocycles. The third-order valence-corrected chi connectivity index (χ3v) is 3.49. The van der Waals surface area contributed by atoms with Gasteiger partial charge in [-0.15, -0.1) is 11.3 Å². The maximum absolute atomic E-state index is 11.8. The topological polar surface area (TPSA) is 57.8 Å². The Morgan fingerprint density at radius 2 is 2.41 bits per heavy atom. The molecule has 0 aliphatic carbocycles. The summed E-state index contributed by atoms with van der Waals surface area (Å²) in [6, 6.07) is 0. The van der Waals surface area contributed by atoms with Crippen molar-refractivity contribution >= 4 is 22.2 Å². The Morgan fingerprint density at radius 1 is 1.65 bits per heavy atom. The number of amides is 1. The van der Waals surface area contributed by atoms with Gasteiger partial charge >= 0.3 is 0 Å². The van der Waals surface area contributed by atoms with Crippen molar-refractivity contribution in [2.24, 2.45) is 0 Å². The molecule has 2 aromatic rings. The van der Waals surface area contributed by atoms with E-state index < -0.39 is 0 Å². The summed E-state index contributed by atoms with van der Waals surface area (Å²) in [6.07, 6.45) is 2.27. The van der Waals surface area contributed by atoms with Crippen LogP contribution in [0, 0.1) is 6.92 Å². The van der Waals surface area contributed by atoms with Crippen molar-refractivity contribution in [2.45, 2.75) is 13.3 Å². The van der Waals surface area contributed by atoms with Crippen LogP contribution in [0.4, 0.5) is 0 Å². The number of aliphatic hydroxyl groups is 1. The molecular formula is C11H15N3O2S. The lowest BCUT2D eigenvalue weighted by Crippen LogP contribution is -2.31. The van der Waals surface area contributed by atoms with Crippen LogP contribution in [-0.4, -0.2) is 45.5 Å². The minimum atomic E-state index is -0.00846. The van der Waals surface area contributed by atoms with E-state index in [2.05, 4.69) is 4.98 Å². The van der Waals surface area contributed by atoms with Gasteiger partial charge < -0.3 is 10.0 Å². The highest BCUT2D eigenvalue weighted by molar-refractivity contribution is 7.15. The lowest BCUT2D eigenvalue weighted by molar-refractivity contribution is -0.129. The van der Waals surface area contributed by atoms with E-state index in [-0.39, 0.29) is 12.5 Å². The molecule has 0 aliphatic heterocycles. The highest BCUT2D eigenvalue weighted by Crippen LogP contribution is 2.17. The van der Waals surface area contributed by atoms with Gasteiger partial charge in [-0.1, -0.05) is 0 Å². The molecule has 6 heteroatoms. The Labute approximate surface area is 103 Å². The number of thiazole rings is 1. The summed E-state index contributed by atoms with van der Waals surface area (Å²) in [6.45, 7) is 2.30. The molecule has 0 atom stereocenters. The number of rotatable bonds is 4. The molecule has 0 bridgehead atoms. The Balaban J connectivity index is 2.15. The first-order valence-corrected chi connectivity index (χ1v) is 6.26. The predicted molar refractivity (Wildman–Crippen MR) is 66.2 cm³/mol. The first-order valence-electron chi connectivity index (χ1n) is 5.38. The van der Waals surface area contributed by atoms with Crippen LogP contribution < -0.4 is 0 Å². The van der Waals surface area contributed by atoms with Crippen LogP contribution >= 0.6 is 11.3 Å². The number of carbonyl (C=O) groups excluding carboxylic acids is 1. The van der Waals surface area contributed by atoms with Crippen molar-refractivity contribution in [3.8, 4) is 0 Å². The van der Waals surface area contributed by atoms with Crippen LogP contribution in [0.5, 0.6) is 0 Å². The number of imidazole rings is 1. The fourth-order valence-electron chi connectivity index (χ4n) is 1.63. The quantitative estimate of drug-likeness (QED) is 0.872. The highest BCUT2D eigenvalue weighted by Gasteiger charge is 2.13. The standard InChI is InChI=1S/C11H15N3O2S/c1-8-6-14-9(7-17-11(14)12-8)5-10(16)13(2)3-4-15/h6-7,15H,3-5H2,1-2H3. The molecule has 0 saturated carbocycles. The molecule has 0 fully saturated rings. The van der Waals surface area contributed by atoms with Crippen LogP contribution in [0.3, 0.4) is 0 Å². The molecule has 2 heterocycles. The van der Waals surface area contributed by atoms with Crippen molar-refractivity contribution in [1.82, 2.24) is 14.3 Å². The largest absolute Gasteiger partial charge is 0.395 e. The van der Waals surface area contributed by atoms with E-state index in [0.29, 0.717) is 13.0 Å². The monoisotopic (exact) mass is 253 g/mol. The van der Waals surface area contributed by atoms with Gasteiger partial charge in [-0.25, -0.2) is 4.98 Å². The van der Waals surface area contributed by atoms with E-state index in [1.165, 1.54) is 16.2 Å². The second-order valence-electron chi connectivity index (χ2n) is 3.98. The fourth-order valence-corrected chi connectivity index (χ4v) is 2.55. The van der Waals surface area contributed by atoms with Gasteiger partial charge in [0.2, 0.25) is 5.91 Å². The molecule has 17 heavy (non-hydrogen) atoms. The molecule has 0 spiro atoms. The number of likely N-dealkylation sites (N-methyl/N-ethyl adjacent to an activating group) is 1. The minimum absolute atomic E-state index is 0.00473. The molecule has 0 aliphatic rings. The SMILES string of the molecule is Cc1cn2c(CC(=O)N(C)CCO)csc2n1. The van der Waals surface area contributed by atoms with Crippen LogP contribution in [0.2, 0.25) is 0 Å². The van der Waals surface area contributed by atoms with Crippen LogP contribution in [0.25, 0.3) is 4.96 Å². The van der Waals surface area contributed by atoms with Gasteiger partial charge in [-0.05, 0) is 6.92 Å². The second kappa shape index (κ2) is 4.85. The lowest BCUT2D eigenvalue weighted by Gasteiger charge is -2.14. The van der Waals surface area contributed by atoms with Crippen molar-refractivity contribution in [2.75, 3.05) is 20.2 Å². The molecule has 1 N–H and O–H groups in total. The summed E-state index contributed by atoms with van der Waals surface area (Å²) in [5.74, 6) is 0.00473. The zero-order valence-electron chi connectivity index (χ0n) is 9.88. The molecule has 0 aromatic carbocycles. The summed E-state index contributed by atoms with van der Waals surface area (Å²) in [7, 11) is 1.70. The minimum Gasteiger partial charge on any atom is -0.395 e.